The van der Waals surface area contributed by atoms with Gasteiger partial charge < -0.3 is 0 Å². The van der Waals surface area contributed by atoms with Crippen molar-refractivity contribution in [1.82, 2.24) is 4.90 Å². The SMILES string of the molecule is CC1(C)CSC(=NCc2ccccc2)N1C(=O)C=Cc1ccc(Cl)c([N+](=O)[O-])c1. The van der Waals surface area contributed by atoms with Gasteiger partial charge in [-0.1, -0.05) is 59.8 Å². The topological polar surface area (TPSA) is 75.8 Å². The van der Waals surface area contributed by atoms with E-state index < -0.39 is 4.92 Å². The molecule has 1 heterocycles. The summed E-state index contributed by atoms with van der Waals surface area (Å²) in [5, 5.41) is 11.8. The first-order valence-electron chi connectivity index (χ1n) is 8.95. The number of amidine groups is 1. The molecule has 150 valence electrons. The summed E-state index contributed by atoms with van der Waals surface area (Å²) in [5.74, 6) is 0.525. The normalized spacial score (nSPS) is 17.2. The van der Waals surface area contributed by atoms with Gasteiger partial charge in [-0.25, -0.2) is 0 Å². The van der Waals surface area contributed by atoms with Crippen molar-refractivity contribution in [2.45, 2.75) is 25.9 Å². The zero-order chi connectivity index (χ0) is 21.0. The zero-order valence-corrected chi connectivity index (χ0v) is 17.6. The van der Waals surface area contributed by atoms with E-state index in [0.717, 1.165) is 11.3 Å². The third-order valence-electron chi connectivity index (χ3n) is 4.40. The molecule has 8 heteroatoms. The average molecular weight is 430 g/mol. The van der Waals surface area contributed by atoms with Gasteiger partial charge >= 0.3 is 0 Å². The molecule has 1 aliphatic heterocycles. The molecule has 1 amide bonds. The van der Waals surface area contributed by atoms with E-state index in [4.69, 9.17) is 11.6 Å². The first kappa shape index (κ1) is 21.1. The molecule has 0 saturated carbocycles. The Bertz CT molecular complexity index is 990. The minimum absolute atomic E-state index is 0.0610. The highest BCUT2D eigenvalue weighted by atomic mass is 35.5. The second-order valence-electron chi connectivity index (χ2n) is 7.16. The molecule has 29 heavy (non-hydrogen) atoms. The van der Waals surface area contributed by atoms with E-state index >= 15 is 0 Å². The minimum atomic E-state index is -0.546. The van der Waals surface area contributed by atoms with E-state index in [9.17, 15) is 14.9 Å². The van der Waals surface area contributed by atoms with E-state index in [1.165, 1.54) is 18.2 Å². The van der Waals surface area contributed by atoms with Crippen LogP contribution in [0.15, 0.2) is 59.6 Å². The molecule has 3 rings (SSSR count). The highest BCUT2D eigenvalue weighted by Crippen LogP contribution is 2.33. The molecule has 0 aliphatic carbocycles. The molecule has 2 aromatic carbocycles. The van der Waals surface area contributed by atoms with Crippen LogP contribution in [0.5, 0.6) is 0 Å². The van der Waals surface area contributed by atoms with Crippen LogP contribution in [0.4, 0.5) is 5.69 Å². The van der Waals surface area contributed by atoms with Gasteiger partial charge in [0.2, 0.25) is 0 Å². The summed E-state index contributed by atoms with van der Waals surface area (Å²) in [7, 11) is 0. The van der Waals surface area contributed by atoms with Gasteiger partial charge in [0.1, 0.15) is 5.02 Å². The molecule has 1 aliphatic rings. The minimum Gasteiger partial charge on any atom is -0.281 e. The lowest BCUT2D eigenvalue weighted by atomic mass is 10.1. The van der Waals surface area contributed by atoms with E-state index in [0.29, 0.717) is 17.3 Å². The molecule has 1 fully saturated rings. The van der Waals surface area contributed by atoms with Gasteiger partial charge in [-0.2, -0.15) is 0 Å². The number of aliphatic imine (C=N–C) groups is 1. The number of nitro benzene ring substituents is 1. The number of carbonyl (C=O) groups is 1. The number of thioether (sulfide) groups is 1. The Morgan fingerprint density at radius 3 is 2.72 bits per heavy atom. The lowest BCUT2D eigenvalue weighted by Crippen LogP contribution is -2.45. The molecule has 0 spiro atoms. The second-order valence-corrected chi connectivity index (χ2v) is 8.51. The molecular formula is C21H20ClN3O3S. The first-order valence-corrected chi connectivity index (χ1v) is 10.3. The summed E-state index contributed by atoms with van der Waals surface area (Å²) in [6.07, 6.45) is 2.97. The molecule has 1 saturated heterocycles. The fourth-order valence-corrected chi connectivity index (χ4v) is 4.32. The van der Waals surface area contributed by atoms with Gasteiger partial charge in [0.15, 0.2) is 5.17 Å². The van der Waals surface area contributed by atoms with Crippen LogP contribution in [0.3, 0.4) is 0 Å². The fraction of sp³-hybridized carbons (Fsp3) is 0.238. The summed E-state index contributed by atoms with van der Waals surface area (Å²) in [4.78, 5) is 29.7. The Labute approximate surface area is 178 Å². The number of hydrogen-bond acceptors (Lipinski definition) is 5. The van der Waals surface area contributed by atoms with Crippen molar-refractivity contribution >= 4 is 46.2 Å². The lowest BCUT2D eigenvalue weighted by Gasteiger charge is -2.29. The number of nitrogens with zero attached hydrogens (tertiary/aromatic N) is 3. The average Bonchev–Trinajstić information content (AvgIpc) is 3.00. The Kier molecular flexibility index (Phi) is 6.39. The van der Waals surface area contributed by atoms with Crippen molar-refractivity contribution in [2.75, 3.05) is 5.75 Å². The third kappa shape index (κ3) is 5.05. The number of halogens is 1. The Balaban J connectivity index is 1.80. The molecule has 0 unspecified atom stereocenters. The molecule has 0 atom stereocenters. The van der Waals surface area contributed by atoms with Gasteiger partial charge in [-0.05, 0) is 37.1 Å². The van der Waals surface area contributed by atoms with Crippen molar-refractivity contribution in [3.8, 4) is 0 Å². The molecule has 0 aromatic heterocycles. The first-order chi connectivity index (χ1) is 13.8. The zero-order valence-electron chi connectivity index (χ0n) is 16.0. The summed E-state index contributed by atoms with van der Waals surface area (Å²) >= 11 is 7.39. The Hall–Kier alpha value is -2.64. The van der Waals surface area contributed by atoms with Crippen LogP contribution in [0.25, 0.3) is 6.08 Å². The van der Waals surface area contributed by atoms with Crippen molar-refractivity contribution in [2.24, 2.45) is 4.99 Å². The maximum Gasteiger partial charge on any atom is 0.288 e. The van der Waals surface area contributed by atoms with Crippen molar-refractivity contribution in [3.05, 3.63) is 80.9 Å². The molecule has 0 N–H and O–H groups in total. The standard InChI is InChI=1S/C21H20ClN3O3S/c1-21(2)14-29-20(23-13-16-6-4-3-5-7-16)24(21)19(26)11-9-15-8-10-17(22)18(12-15)25(27)28/h3-12H,13-14H2,1-2H3. The van der Waals surface area contributed by atoms with Gasteiger partial charge in [0, 0.05) is 17.9 Å². The number of carbonyl (C=O) groups excluding carboxylic acids is 1. The van der Waals surface area contributed by atoms with Gasteiger partial charge in [0.05, 0.1) is 17.0 Å². The van der Waals surface area contributed by atoms with Crippen LogP contribution in [-0.2, 0) is 11.3 Å². The van der Waals surface area contributed by atoms with Gasteiger partial charge in [-0.15, -0.1) is 0 Å². The summed E-state index contributed by atoms with van der Waals surface area (Å²) in [5.41, 5.74) is 1.03. The highest BCUT2D eigenvalue weighted by molar-refractivity contribution is 8.14. The fourth-order valence-electron chi connectivity index (χ4n) is 2.90. The van der Waals surface area contributed by atoms with Crippen LogP contribution in [0.1, 0.15) is 25.0 Å². The molecule has 0 radical (unpaired) electrons. The molecule has 6 nitrogen and oxygen atoms in total. The number of hydrogen-bond donors (Lipinski definition) is 0. The second kappa shape index (κ2) is 8.80. The predicted molar refractivity (Wildman–Crippen MR) is 118 cm³/mol. The Morgan fingerprint density at radius 2 is 2.03 bits per heavy atom. The van der Waals surface area contributed by atoms with E-state index in [1.54, 1.807) is 28.8 Å². The third-order valence-corrected chi connectivity index (χ3v) is 6.14. The maximum atomic E-state index is 12.9. The maximum absolute atomic E-state index is 12.9. The Morgan fingerprint density at radius 1 is 1.31 bits per heavy atom. The van der Waals surface area contributed by atoms with Crippen molar-refractivity contribution in [1.29, 1.82) is 0 Å². The van der Waals surface area contributed by atoms with Crippen LogP contribution in [0, 0.1) is 10.1 Å². The monoisotopic (exact) mass is 429 g/mol. The van der Waals surface area contributed by atoms with Crippen LogP contribution in [-0.4, -0.2) is 32.2 Å². The summed E-state index contributed by atoms with van der Waals surface area (Å²) < 4.78 is 0. The van der Waals surface area contributed by atoms with Gasteiger partial charge in [-0.3, -0.25) is 24.8 Å². The number of rotatable bonds is 5. The van der Waals surface area contributed by atoms with Crippen molar-refractivity contribution in [3.63, 3.8) is 0 Å². The van der Waals surface area contributed by atoms with E-state index in [2.05, 4.69) is 4.99 Å². The van der Waals surface area contributed by atoms with Crippen LogP contribution in [0.2, 0.25) is 5.02 Å². The van der Waals surface area contributed by atoms with Crippen LogP contribution >= 0.6 is 23.4 Å². The number of amides is 1. The quantitative estimate of drug-likeness (QED) is 0.373. The van der Waals surface area contributed by atoms with E-state index in [-0.39, 0.29) is 22.2 Å². The van der Waals surface area contributed by atoms with Crippen LogP contribution < -0.4 is 0 Å². The highest BCUT2D eigenvalue weighted by Gasteiger charge is 2.40. The van der Waals surface area contributed by atoms with Crippen molar-refractivity contribution < 1.29 is 9.72 Å². The molecular weight excluding hydrogens is 410 g/mol. The molecule has 0 bridgehead atoms. The van der Waals surface area contributed by atoms with Gasteiger partial charge in [0.25, 0.3) is 11.6 Å². The molecule has 2 aromatic rings. The smallest absolute Gasteiger partial charge is 0.281 e. The van der Waals surface area contributed by atoms with E-state index in [1.807, 2.05) is 44.2 Å². The lowest BCUT2D eigenvalue weighted by molar-refractivity contribution is -0.384. The number of benzene rings is 2. The summed E-state index contributed by atoms with van der Waals surface area (Å²) in [6, 6.07) is 14.3. The summed E-state index contributed by atoms with van der Waals surface area (Å²) in [6.45, 7) is 4.48. The number of nitro groups is 1. The largest absolute Gasteiger partial charge is 0.288 e. The predicted octanol–water partition coefficient (Wildman–Crippen LogP) is 5.17.